The van der Waals surface area contributed by atoms with E-state index in [0.29, 0.717) is 13.0 Å². The fourth-order valence-corrected chi connectivity index (χ4v) is 2.56. The number of ether oxygens (including phenoxy) is 1. The van der Waals surface area contributed by atoms with Crippen molar-refractivity contribution < 1.29 is 14.3 Å². The molecule has 1 aliphatic rings. The van der Waals surface area contributed by atoms with Gasteiger partial charge in [-0.15, -0.1) is 0 Å². The molecule has 2 atom stereocenters. The topological polar surface area (TPSA) is 58.6 Å². The fraction of sp³-hybridized carbons (Fsp3) is 0.846. The number of hydrogen-bond acceptors (Lipinski definition) is 4. The second-order valence-corrected chi connectivity index (χ2v) is 4.86. The molecule has 1 rings (SSSR count). The predicted octanol–water partition coefficient (Wildman–Crippen LogP) is 0.786. The summed E-state index contributed by atoms with van der Waals surface area (Å²) < 4.78 is 4.99. The summed E-state index contributed by atoms with van der Waals surface area (Å²) in [7, 11) is 0. The van der Waals surface area contributed by atoms with Crippen molar-refractivity contribution in [3.63, 3.8) is 0 Å². The number of nitrogens with zero attached hydrogens (tertiary/aromatic N) is 1. The van der Waals surface area contributed by atoms with E-state index in [1.54, 1.807) is 0 Å². The zero-order valence-electron chi connectivity index (χ0n) is 11.6. The molecule has 0 spiro atoms. The number of likely N-dealkylation sites (tertiary alicyclic amines) is 1. The Hall–Kier alpha value is -1.10. The van der Waals surface area contributed by atoms with E-state index in [-0.39, 0.29) is 23.8 Å². The first kappa shape index (κ1) is 15.0. The van der Waals surface area contributed by atoms with Crippen LogP contribution in [0.2, 0.25) is 0 Å². The maximum Gasteiger partial charge on any atom is 0.306 e. The molecule has 104 valence electrons. The smallest absolute Gasteiger partial charge is 0.306 e. The first-order chi connectivity index (χ1) is 8.55. The number of amides is 1. The highest BCUT2D eigenvalue weighted by Crippen LogP contribution is 2.20. The zero-order chi connectivity index (χ0) is 13.5. The van der Waals surface area contributed by atoms with E-state index in [2.05, 4.69) is 17.1 Å². The maximum atomic E-state index is 11.5. The molecule has 0 aliphatic carbocycles. The van der Waals surface area contributed by atoms with E-state index in [1.165, 1.54) is 6.92 Å². The van der Waals surface area contributed by atoms with Gasteiger partial charge in [-0.3, -0.25) is 9.59 Å². The monoisotopic (exact) mass is 256 g/mol. The first-order valence-corrected chi connectivity index (χ1v) is 6.70. The highest BCUT2D eigenvalue weighted by Gasteiger charge is 2.28. The third-order valence-electron chi connectivity index (χ3n) is 3.23. The van der Waals surface area contributed by atoms with Gasteiger partial charge in [-0.25, -0.2) is 0 Å². The molecule has 0 saturated carbocycles. The van der Waals surface area contributed by atoms with Crippen LogP contribution < -0.4 is 5.32 Å². The molecule has 18 heavy (non-hydrogen) atoms. The standard InChI is InChI=1S/C13H24N2O3/c1-4-15-8-11(7-13(17)18-5-2)6-12(9-15)14-10(3)16/h11-12H,4-9H2,1-3H3,(H,14,16). The van der Waals surface area contributed by atoms with Crippen LogP contribution in [0.25, 0.3) is 0 Å². The number of nitrogens with one attached hydrogen (secondary N) is 1. The number of likely N-dealkylation sites (N-methyl/N-ethyl adjacent to an activating group) is 1. The van der Waals surface area contributed by atoms with Gasteiger partial charge in [-0.05, 0) is 25.8 Å². The molecular formula is C13H24N2O3. The molecule has 0 aromatic heterocycles. The molecule has 1 amide bonds. The van der Waals surface area contributed by atoms with Crippen LogP contribution >= 0.6 is 0 Å². The first-order valence-electron chi connectivity index (χ1n) is 6.70. The second-order valence-electron chi connectivity index (χ2n) is 4.86. The molecule has 0 radical (unpaired) electrons. The van der Waals surface area contributed by atoms with Gasteiger partial charge in [0, 0.05) is 32.5 Å². The second kappa shape index (κ2) is 7.36. The Bertz CT molecular complexity index is 294. The van der Waals surface area contributed by atoms with Crippen LogP contribution in [0.4, 0.5) is 0 Å². The fourth-order valence-electron chi connectivity index (χ4n) is 2.56. The molecule has 5 heteroatoms. The van der Waals surface area contributed by atoms with E-state index in [4.69, 9.17) is 4.74 Å². The van der Waals surface area contributed by atoms with Crippen LogP contribution in [0.3, 0.4) is 0 Å². The molecule has 2 unspecified atom stereocenters. The lowest BCUT2D eigenvalue weighted by molar-refractivity contribution is -0.144. The van der Waals surface area contributed by atoms with Gasteiger partial charge in [0.2, 0.25) is 5.91 Å². The Balaban J connectivity index is 2.51. The Morgan fingerprint density at radius 3 is 2.61 bits per heavy atom. The molecule has 1 N–H and O–H groups in total. The van der Waals surface area contributed by atoms with Crippen molar-refractivity contribution in [2.75, 3.05) is 26.2 Å². The highest BCUT2D eigenvalue weighted by atomic mass is 16.5. The van der Waals surface area contributed by atoms with Crippen LogP contribution in [-0.2, 0) is 14.3 Å². The van der Waals surface area contributed by atoms with Crippen LogP contribution in [-0.4, -0.2) is 49.1 Å². The van der Waals surface area contributed by atoms with Crippen molar-refractivity contribution in [1.29, 1.82) is 0 Å². The van der Waals surface area contributed by atoms with Crippen molar-refractivity contribution in [1.82, 2.24) is 10.2 Å². The normalized spacial score (nSPS) is 24.6. The number of carbonyl (C=O) groups excluding carboxylic acids is 2. The molecule has 1 saturated heterocycles. The summed E-state index contributed by atoms with van der Waals surface area (Å²) in [5.74, 6) is 0.129. The Morgan fingerprint density at radius 1 is 1.33 bits per heavy atom. The number of rotatable bonds is 5. The minimum absolute atomic E-state index is 0.00663. The molecule has 0 aromatic rings. The van der Waals surface area contributed by atoms with Crippen LogP contribution in [0, 0.1) is 5.92 Å². The van der Waals surface area contributed by atoms with E-state index in [9.17, 15) is 9.59 Å². The van der Waals surface area contributed by atoms with E-state index in [1.807, 2.05) is 6.92 Å². The molecule has 0 aromatic carbocycles. The molecular weight excluding hydrogens is 232 g/mol. The summed E-state index contributed by atoms with van der Waals surface area (Å²) in [5.41, 5.74) is 0. The minimum Gasteiger partial charge on any atom is -0.466 e. The quantitative estimate of drug-likeness (QED) is 0.739. The summed E-state index contributed by atoms with van der Waals surface area (Å²) in [6.45, 7) is 8.59. The van der Waals surface area contributed by atoms with Crippen molar-refractivity contribution in [3.8, 4) is 0 Å². The van der Waals surface area contributed by atoms with E-state index in [0.717, 1.165) is 26.1 Å². The minimum atomic E-state index is -0.137. The Labute approximate surface area is 109 Å². The van der Waals surface area contributed by atoms with E-state index >= 15 is 0 Å². The summed E-state index contributed by atoms with van der Waals surface area (Å²) in [4.78, 5) is 24.9. The molecule has 5 nitrogen and oxygen atoms in total. The lowest BCUT2D eigenvalue weighted by atomic mass is 9.91. The molecule has 1 heterocycles. The summed E-state index contributed by atoms with van der Waals surface area (Å²) >= 11 is 0. The van der Waals surface area contributed by atoms with E-state index < -0.39 is 0 Å². The number of piperidine rings is 1. The van der Waals surface area contributed by atoms with Gasteiger partial charge in [0.15, 0.2) is 0 Å². The third kappa shape index (κ3) is 5.04. The lowest BCUT2D eigenvalue weighted by Crippen LogP contribution is -2.50. The Kier molecular flexibility index (Phi) is 6.12. The van der Waals surface area contributed by atoms with Crippen LogP contribution in [0.15, 0.2) is 0 Å². The van der Waals surface area contributed by atoms with Crippen molar-refractivity contribution in [2.45, 2.75) is 39.7 Å². The number of carbonyl (C=O) groups is 2. The van der Waals surface area contributed by atoms with Gasteiger partial charge in [-0.1, -0.05) is 6.92 Å². The van der Waals surface area contributed by atoms with Gasteiger partial charge in [0.05, 0.1) is 6.61 Å². The summed E-state index contributed by atoms with van der Waals surface area (Å²) in [6.07, 6.45) is 1.30. The van der Waals surface area contributed by atoms with Crippen molar-refractivity contribution in [2.24, 2.45) is 5.92 Å². The third-order valence-corrected chi connectivity index (χ3v) is 3.23. The average Bonchev–Trinajstić information content (AvgIpc) is 2.27. The summed E-state index contributed by atoms with van der Waals surface area (Å²) in [5, 5.41) is 2.95. The maximum absolute atomic E-state index is 11.5. The van der Waals surface area contributed by atoms with Gasteiger partial charge in [0.25, 0.3) is 0 Å². The largest absolute Gasteiger partial charge is 0.466 e. The van der Waals surface area contributed by atoms with Crippen molar-refractivity contribution in [3.05, 3.63) is 0 Å². The highest BCUT2D eigenvalue weighted by molar-refractivity contribution is 5.73. The van der Waals surface area contributed by atoms with Crippen molar-refractivity contribution >= 4 is 11.9 Å². The van der Waals surface area contributed by atoms with Gasteiger partial charge in [-0.2, -0.15) is 0 Å². The zero-order valence-corrected chi connectivity index (χ0v) is 11.6. The Morgan fingerprint density at radius 2 is 2.06 bits per heavy atom. The SMILES string of the molecule is CCOC(=O)CC1CC(NC(C)=O)CN(CC)C1. The number of hydrogen-bond donors (Lipinski definition) is 1. The average molecular weight is 256 g/mol. The number of esters is 1. The van der Waals surface area contributed by atoms with Gasteiger partial charge < -0.3 is 15.0 Å². The van der Waals surface area contributed by atoms with Crippen LogP contribution in [0.1, 0.15) is 33.6 Å². The predicted molar refractivity (Wildman–Crippen MR) is 69.1 cm³/mol. The summed E-state index contributed by atoms with van der Waals surface area (Å²) in [6, 6.07) is 0.149. The molecule has 0 bridgehead atoms. The molecule has 1 fully saturated rings. The van der Waals surface area contributed by atoms with Gasteiger partial charge in [0.1, 0.15) is 0 Å². The molecule has 1 aliphatic heterocycles. The van der Waals surface area contributed by atoms with Gasteiger partial charge >= 0.3 is 5.97 Å². The van der Waals surface area contributed by atoms with Crippen LogP contribution in [0.5, 0.6) is 0 Å². The lowest BCUT2D eigenvalue weighted by Gasteiger charge is -2.37.